The molecule has 9 nitrogen and oxygen atoms in total. The lowest BCUT2D eigenvalue weighted by Gasteiger charge is -2.21. The Morgan fingerprint density at radius 3 is 1.65 bits per heavy atom. The van der Waals surface area contributed by atoms with Gasteiger partial charge in [0.05, 0.1) is 51.5 Å². The number of aliphatic hydroxyl groups is 1. The SMILES string of the molecule is O=C(CC(O)(CC(=O)OCCC1CO1)C(=O)O)OCCC1CO1. The van der Waals surface area contributed by atoms with E-state index in [2.05, 4.69) is 0 Å². The first-order valence-corrected chi connectivity index (χ1v) is 7.39. The van der Waals surface area contributed by atoms with Crippen LogP contribution in [0.2, 0.25) is 0 Å². The van der Waals surface area contributed by atoms with E-state index in [4.69, 9.17) is 24.1 Å². The van der Waals surface area contributed by atoms with Crippen LogP contribution in [0, 0.1) is 0 Å². The zero-order chi connectivity index (χ0) is 16.9. The highest BCUT2D eigenvalue weighted by atomic mass is 16.6. The summed E-state index contributed by atoms with van der Waals surface area (Å²) in [6.07, 6.45) is -0.466. The average molecular weight is 332 g/mol. The molecule has 0 spiro atoms. The van der Waals surface area contributed by atoms with Gasteiger partial charge in [0, 0.05) is 12.8 Å². The Hall–Kier alpha value is -1.71. The minimum absolute atomic E-state index is 0.0744. The van der Waals surface area contributed by atoms with Gasteiger partial charge in [0.2, 0.25) is 0 Å². The van der Waals surface area contributed by atoms with Crippen molar-refractivity contribution in [2.45, 2.75) is 43.5 Å². The van der Waals surface area contributed by atoms with Gasteiger partial charge in [-0.25, -0.2) is 4.79 Å². The van der Waals surface area contributed by atoms with E-state index in [1.807, 2.05) is 0 Å². The maximum absolute atomic E-state index is 11.6. The Morgan fingerprint density at radius 1 is 0.957 bits per heavy atom. The Kier molecular flexibility index (Phi) is 5.91. The lowest BCUT2D eigenvalue weighted by atomic mass is 9.96. The predicted octanol–water partition coefficient (Wildman–Crippen LogP) is -0.753. The number of esters is 2. The highest BCUT2D eigenvalue weighted by Crippen LogP contribution is 2.19. The van der Waals surface area contributed by atoms with Crippen molar-refractivity contribution in [2.75, 3.05) is 26.4 Å². The summed E-state index contributed by atoms with van der Waals surface area (Å²) in [6, 6.07) is 0. The van der Waals surface area contributed by atoms with Crippen molar-refractivity contribution in [1.82, 2.24) is 0 Å². The second kappa shape index (κ2) is 7.71. The first-order valence-electron chi connectivity index (χ1n) is 7.39. The van der Waals surface area contributed by atoms with E-state index in [0.717, 1.165) is 0 Å². The minimum Gasteiger partial charge on any atom is -0.479 e. The van der Waals surface area contributed by atoms with Gasteiger partial charge >= 0.3 is 17.9 Å². The summed E-state index contributed by atoms with van der Waals surface area (Å²) < 4.78 is 19.5. The van der Waals surface area contributed by atoms with Crippen LogP contribution in [0.5, 0.6) is 0 Å². The van der Waals surface area contributed by atoms with Gasteiger partial charge in [-0.15, -0.1) is 0 Å². The highest BCUT2D eigenvalue weighted by molar-refractivity contribution is 5.88. The van der Waals surface area contributed by atoms with E-state index in [0.29, 0.717) is 26.1 Å². The molecule has 0 bridgehead atoms. The van der Waals surface area contributed by atoms with E-state index in [1.54, 1.807) is 0 Å². The normalized spacial score (nSPS) is 24.4. The highest BCUT2D eigenvalue weighted by Gasteiger charge is 2.42. The molecule has 0 aliphatic carbocycles. The number of carbonyl (C=O) groups is 3. The van der Waals surface area contributed by atoms with Crippen molar-refractivity contribution in [3.05, 3.63) is 0 Å². The van der Waals surface area contributed by atoms with E-state index >= 15 is 0 Å². The van der Waals surface area contributed by atoms with Crippen LogP contribution in [0.4, 0.5) is 0 Å². The molecule has 2 saturated heterocycles. The fraction of sp³-hybridized carbons (Fsp3) is 0.786. The monoisotopic (exact) mass is 332 g/mol. The van der Waals surface area contributed by atoms with Gasteiger partial charge in [0.15, 0.2) is 5.60 Å². The van der Waals surface area contributed by atoms with Crippen molar-refractivity contribution in [2.24, 2.45) is 0 Å². The second-order valence-electron chi connectivity index (χ2n) is 5.62. The third kappa shape index (κ3) is 6.51. The number of carboxylic acids is 1. The molecule has 0 aromatic heterocycles. The molecule has 2 heterocycles. The molecule has 0 radical (unpaired) electrons. The summed E-state index contributed by atoms with van der Waals surface area (Å²) in [5.74, 6) is -3.47. The Labute approximate surface area is 132 Å². The second-order valence-corrected chi connectivity index (χ2v) is 5.62. The number of hydrogen-bond acceptors (Lipinski definition) is 8. The average Bonchev–Trinajstić information content (AvgIpc) is 3.33. The number of ether oxygens (including phenoxy) is 4. The summed E-state index contributed by atoms with van der Waals surface area (Å²) in [5.41, 5.74) is -2.54. The first kappa shape index (κ1) is 17.6. The molecule has 2 rings (SSSR count). The maximum Gasteiger partial charge on any atom is 0.336 e. The molecule has 0 aromatic rings. The number of epoxide rings is 2. The van der Waals surface area contributed by atoms with Gasteiger partial charge < -0.3 is 29.2 Å². The molecule has 2 aliphatic heterocycles. The maximum atomic E-state index is 11.6. The van der Waals surface area contributed by atoms with Gasteiger partial charge in [0.1, 0.15) is 0 Å². The van der Waals surface area contributed by atoms with Crippen LogP contribution >= 0.6 is 0 Å². The molecule has 2 fully saturated rings. The molecule has 23 heavy (non-hydrogen) atoms. The summed E-state index contributed by atoms with van der Waals surface area (Å²) >= 11 is 0. The van der Waals surface area contributed by atoms with Gasteiger partial charge in [0.25, 0.3) is 0 Å². The molecule has 0 aromatic carbocycles. The lowest BCUT2D eigenvalue weighted by molar-refractivity contribution is -0.173. The largest absolute Gasteiger partial charge is 0.479 e. The molecule has 2 atom stereocenters. The summed E-state index contributed by atoms with van der Waals surface area (Å²) in [5, 5.41) is 19.1. The van der Waals surface area contributed by atoms with Crippen LogP contribution < -0.4 is 0 Å². The number of rotatable bonds is 11. The molecular weight excluding hydrogens is 312 g/mol. The molecule has 130 valence electrons. The standard InChI is InChI=1S/C14H20O9/c15-11(20-3-1-9-7-22-9)5-14(19,13(17)18)6-12(16)21-4-2-10-8-23-10/h9-10,19H,1-8H2,(H,17,18). The fourth-order valence-electron chi connectivity index (χ4n) is 1.87. The number of carbonyl (C=O) groups excluding carboxylic acids is 2. The van der Waals surface area contributed by atoms with Crippen LogP contribution in [0.3, 0.4) is 0 Å². The van der Waals surface area contributed by atoms with Gasteiger partial charge in [-0.2, -0.15) is 0 Å². The molecular formula is C14H20O9. The third-order valence-corrected chi connectivity index (χ3v) is 3.48. The van der Waals surface area contributed by atoms with Crippen molar-refractivity contribution < 1.29 is 43.5 Å². The summed E-state index contributed by atoms with van der Waals surface area (Å²) in [6.45, 7) is 1.39. The van der Waals surface area contributed by atoms with E-state index in [9.17, 15) is 19.5 Å². The zero-order valence-electron chi connectivity index (χ0n) is 12.6. The topological polar surface area (TPSA) is 135 Å². The summed E-state index contributed by atoms with van der Waals surface area (Å²) in [7, 11) is 0. The molecule has 9 heteroatoms. The van der Waals surface area contributed by atoms with Crippen LogP contribution in [0.1, 0.15) is 25.7 Å². The van der Waals surface area contributed by atoms with Crippen molar-refractivity contribution in [3.8, 4) is 0 Å². The van der Waals surface area contributed by atoms with Gasteiger partial charge in [-0.1, -0.05) is 0 Å². The molecule has 0 amide bonds. The Morgan fingerprint density at radius 2 is 1.35 bits per heavy atom. The number of hydrogen-bond donors (Lipinski definition) is 2. The zero-order valence-corrected chi connectivity index (χ0v) is 12.6. The lowest BCUT2D eigenvalue weighted by Crippen LogP contribution is -2.43. The number of aliphatic carboxylic acids is 1. The quantitative estimate of drug-likeness (QED) is 0.370. The predicted molar refractivity (Wildman–Crippen MR) is 72.5 cm³/mol. The van der Waals surface area contributed by atoms with E-state index < -0.39 is 36.4 Å². The van der Waals surface area contributed by atoms with Gasteiger partial charge in [-0.3, -0.25) is 9.59 Å². The summed E-state index contributed by atoms with van der Waals surface area (Å²) in [4.78, 5) is 34.4. The van der Waals surface area contributed by atoms with Crippen LogP contribution in [0.25, 0.3) is 0 Å². The molecule has 2 unspecified atom stereocenters. The number of carboxylic acid groups (broad SMARTS) is 1. The minimum atomic E-state index is -2.54. The third-order valence-electron chi connectivity index (χ3n) is 3.48. The van der Waals surface area contributed by atoms with Crippen LogP contribution in [-0.2, 0) is 33.3 Å². The van der Waals surface area contributed by atoms with E-state index in [1.165, 1.54) is 0 Å². The van der Waals surface area contributed by atoms with Crippen molar-refractivity contribution in [1.29, 1.82) is 0 Å². The van der Waals surface area contributed by atoms with Crippen molar-refractivity contribution in [3.63, 3.8) is 0 Å². The van der Waals surface area contributed by atoms with Crippen LogP contribution in [0.15, 0.2) is 0 Å². The molecule has 0 saturated carbocycles. The van der Waals surface area contributed by atoms with Crippen molar-refractivity contribution >= 4 is 17.9 Å². The fourth-order valence-corrected chi connectivity index (χ4v) is 1.87. The smallest absolute Gasteiger partial charge is 0.336 e. The molecule has 2 aliphatic rings. The van der Waals surface area contributed by atoms with Crippen LogP contribution in [-0.4, -0.2) is 72.4 Å². The Bertz CT molecular complexity index is 421. The first-order chi connectivity index (χ1) is 10.9. The van der Waals surface area contributed by atoms with Gasteiger partial charge in [-0.05, 0) is 0 Å². The molecule has 2 N–H and O–H groups in total. The Balaban J connectivity index is 1.72. The van der Waals surface area contributed by atoms with E-state index in [-0.39, 0.29) is 25.4 Å².